The minimum Gasteiger partial charge on any atom is -0.496 e. The van der Waals surface area contributed by atoms with E-state index in [9.17, 15) is 4.79 Å². The second-order valence-corrected chi connectivity index (χ2v) is 7.92. The van der Waals surface area contributed by atoms with E-state index < -0.39 is 0 Å². The minimum atomic E-state index is -0.326. The fourth-order valence-electron chi connectivity index (χ4n) is 3.15. The van der Waals surface area contributed by atoms with Crippen LogP contribution in [-0.2, 0) is 9.53 Å². The number of carbonyl (C=O) groups excluding carboxylic acids is 1. The van der Waals surface area contributed by atoms with Gasteiger partial charge in [-0.05, 0) is 66.1 Å². The molecule has 0 aliphatic carbocycles. The van der Waals surface area contributed by atoms with Gasteiger partial charge in [-0.2, -0.15) is 0 Å². The Kier molecular flexibility index (Phi) is 8.27. The Labute approximate surface area is 181 Å². The highest BCUT2D eigenvalue weighted by molar-refractivity contribution is 9.10. The number of halogens is 1. The first-order valence-corrected chi connectivity index (χ1v) is 10.4. The van der Waals surface area contributed by atoms with Gasteiger partial charge in [0.1, 0.15) is 5.75 Å². The highest BCUT2D eigenvalue weighted by Crippen LogP contribution is 2.35. The van der Waals surface area contributed by atoms with Crippen LogP contribution in [-0.4, -0.2) is 61.8 Å². The molecule has 0 saturated carbocycles. The summed E-state index contributed by atoms with van der Waals surface area (Å²) in [6, 6.07) is 5.46. The number of ether oxygens (including phenoxy) is 2. The third kappa shape index (κ3) is 5.04. The molecule has 0 radical (unpaired) electrons. The molecule has 0 bridgehead atoms. The molecule has 1 aliphatic heterocycles. The predicted octanol–water partition coefficient (Wildman–Crippen LogP) is 3.48. The summed E-state index contributed by atoms with van der Waals surface area (Å²) in [5, 5.41) is 3.97. The van der Waals surface area contributed by atoms with Gasteiger partial charge in [-0.3, -0.25) is 4.79 Å². The molecule has 1 aliphatic rings. The Bertz CT molecular complexity index is 767. The molecule has 8 heteroatoms. The molecule has 2 rings (SSSR count). The average molecular weight is 470 g/mol. The first-order valence-electron chi connectivity index (χ1n) is 9.23. The Morgan fingerprint density at radius 2 is 2.11 bits per heavy atom. The molecule has 0 spiro atoms. The number of hydrogen-bond donors (Lipinski definition) is 1. The van der Waals surface area contributed by atoms with Crippen LogP contribution in [0, 0.1) is 0 Å². The molecule has 0 fully saturated rings. The smallest absolute Gasteiger partial charge is 0.253 e. The van der Waals surface area contributed by atoms with Crippen molar-refractivity contribution in [3.05, 3.63) is 39.5 Å². The van der Waals surface area contributed by atoms with Gasteiger partial charge in [0.2, 0.25) is 0 Å². The van der Waals surface area contributed by atoms with Crippen LogP contribution < -0.4 is 10.1 Å². The highest BCUT2D eigenvalue weighted by atomic mass is 79.9. The maximum absolute atomic E-state index is 13.0. The second-order valence-electron chi connectivity index (χ2n) is 6.68. The quantitative estimate of drug-likeness (QED) is 0.464. The largest absolute Gasteiger partial charge is 0.496 e. The van der Waals surface area contributed by atoms with Crippen LogP contribution in [0.15, 0.2) is 33.9 Å². The molecule has 0 aromatic heterocycles. The van der Waals surface area contributed by atoms with Gasteiger partial charge in [0.15, 0.2) is 5.11 Å². The van der Waals surface area contributed by atoms with Crippen molar-refractivity contribution >= 4 is 39.2 Å². The van der Waals surface area contributed by atoms with E-state index in [2.05, 4.69) is 21.2 Å². The number of likely N-dealkylation sites (N-methyl/N-ethyl adjacent to an activating group) is 1. The Balaban J connectivity index is 2.42. The summed E-state index contributed by atoms with van der Waals surface area (Å²) in [6.45, 7) is 5.98. The van der Waals surface area contributed by atoms with Gasteiger partial charge >= 0.3 is 0 Å². The summed E-state index contributed by atoms with van der Waals surface area (Å²) < 4.78 is 11.6. The SMILES string of the molecule is CCOCCCN1C(=S)NC(c2ccc(OC)c(Br)c2)C(C(=O)N(C)C)=C1C. The Hall–Kier alpha value is -1.64. The lowest BCUT2D eigenvalue weighted by atomic mass is 9.94. The number of carbonyl (C=O) groups is 1. The lowest BCUT2D eigenvalue weighted by molar-refractivity contribution is -0.125. The predicted molar refractivity (Wildman–Crippen MR) is 118 cm³/mol. The number of methoxy groups -OCH3 is 1. The maximum Gasteiger partial charge on any atom is 0.253 e. The molecule has 1 amide bonds. The van der Waals surface area contributed by atoms with Crippen molar-refractivity contribution in [2.75, 3.05) is 41.0 Å². The molecule has 154 valence electrons. The van der Waals surface area contributed by atoms with Crippen molar-refractivity contribution in [3.63, 3.8) is 0 Å². The zero-order valence-corrected chi connectivity index (χ0v) is 19.4. The summed E-state index contributed by atoms with van der Waals surface area (Å²) in [7, 11) is 5.14. The molecule has 1 aromatic carbocycles. The lowest BCUT2D eigenvalue weighted by Gasteiger charge is -2.38. The molecule has 1 N–H and O–H groups in total. The Morgan fingerprint density at radius 1 is 1.39 bits per heavy atom. The van der Waals surface area contributed by atoms with Gasteiger partial charge < -0.3 is 24.6 Å². The van der Waals surface area contributed by atoms with Crippen molar-refractivity contribution < 1.29 is 14.3 Å². The normalized spacial score (nSPS) is 16.9. The van der Waals surface area contributed by atoms with Crippen LogP contribution in [0.3, 0.4) is 0 Å². The lowest BCUT2D eigenvalue weighted by Crippen LogP contribution is -2.49. The van der Waals surface area contributed by atoms with Crippen molar-refractivity contribution in [2.24, 2.45) is 0 Å². The number of nitrogens with one attached hydrogen (secondary N) is 1. The van der Waals surface area contributed by atoms with Crippen LogP contribution >= 0.6 is 28.1 Å². The third-order valence-corrected chi connectivity index (χ3v) is 5.57. The molecule has 1 heterocycles. The standard InChI is InChI=1S/C20H28BrN3O3S/c1-6-27-11-7-10-24-13(2)17(19(25)23(3)4)18(22-20(24)28)14-8-9-16(26-5)15(21)12-14/h8-9,12,18H,6-7,10-11H2,1-5H3,(H,22,28). The number of rotatable bonds is 8. The van der Waals surface area contributed by atoms with E-state index in [1.165, 1.54) is 0 Å². The average Bonchev–Trinajstić information content (AvgIpc) is 2.66. The number of amides is 1. The first-order chi connectivity index (χ1) is 13.3. The van der Waals surface area contributed by atoms with Gasteiger partial charge in [-0.25, -0.2) is 0 Å². The number of allylic oxidation sites excluding steroid dienone is 1. The number of benzene rings is 1. The highest BCUT2D eigenvalue weighted by Gasteiger charge is 2.34. The fraction of sp³-hybridized carbons (Fsp3) is 0.500. The van der Waals surface area contributed by atoms with Crippen molar-refractivity contribution in [2.45, 2.75) is 26.3 Å². The number of nitrogens with zero attached hydrogens (tertiary/aromatic N) is 2. The van der Waals surface area contributed by atoms with Crippen LogP contribution in [0.4, 0.5) is 0 Å². The van der Waals surface area contributed by atoms with E-state index in [0.29, 0.717) is 30.4 Å². The summed E-state index contributed by atoms with van der Waals surface area (Å²) in [6.07, 6.45) is 0.829. The minimum absolute atomic E-state index is 0.0424. The summed E-state index contributed by atoms with van der Waals surface area (Å²) in [5.74, 6) is 0.695. The van der Waals surface area contributed by atoms with Crippen molar-refractivity contribution in [1.82, 2.24) is 15.1 Å². The zero-order chi connectivity index (χ0) is 20.8. The van der Waals surface area contributed by atoms with E-state index in [0.717, 1.165) is 27.9 Å². The fourth-order valence-corrected chi connectivity index (χ4v) is 4.05. The molecule has 6 nitrogen and oxygen atoms in total. The van der Waals surface area contributed by atoms with Crippen molar-refractivity contribution in [3.8, 4) is 5.75 Å². The van der Waals surface area contributed by atoms with E-state index in [1.807, 2.05) is 36.9 Å². The van der Waals surface area contributed by atoms with E-state index in [4.69, 9.17) is 21.7 Å². The number of thiocarbonyl (C=S) groups is 1. The third-order valence-electron chi connectivity index (χ3n) is 4.62. The van der Waals surface area contributed by atoms with Gasteiger partial charge in [-0.1, -0.05) is 6.07 Å². The zero-order valence-electron chi connectivity index (χ0n) is 17.0. The second kappa shape index (κ2) is 10.2. The van der Waals surface area contributed by atoms with Crippen molar-refractivity contribution in [1.29, 1.82) is 0 Å². The molecular formula is C20H28BrN3O3S. The summed E-state index contributed by atoms with van der Waals surface area (Å²) in [4.78, 5) is 16.6. The monoisotopic (exact) mass is 469 g/mol. The summed E-state index contributed by atoms with van der Waals surface area (Å²) >= 11 is 9.15. The summed E-state index contributed by atoms with van der Waals surface area (Å²) in [5.41, 5.74) is 2.50. The van der Waals surface area contributed by atoms with Crippen LogP contribution in [0.1, 0.15) is 31.9 Å². The molecular weight excluding hydrogens is 442 g/mol. The topological polar surface area (TPSA) is 54.0 Å². The molecule has 1 aromatic rings. The number of hydrogen-bond acceptors (Lipinski definition) is 4. The molecule has 1 unspecified atom stereocenters. The van der Waals surface area contributed by atoms with E-state index >= 15 is 0 Å². The van der Waals surface area contributed by atoms with Crippen LogP contribution in [0.5, 0.6) is 5.75 Å². The van der Waals surface area contributed by atoms with Gasteiger partial charge in [0.25, 0.3) is 5.91 Å². The van der Waals surface area contributed by atoms with E-state index in [-0.39, 0.29) is 11.9 Å². The van der Waals surface area contributed by atoms with Crippen LogP contribution in [0.2, 0.25) is 0 Å². The molecule has 1 atom stereocenters. The van der Waals surface area contributed by atoms with Crippen LogP contribution in [0.25, 0.3) is 0 Å². The van der Waals surface area contributed by atoms with Gasteiger partial charge in [0, 0.05) is 39.6 Å². The van der Waals surface area contributed by atoms with Gasteiger partial charge in [0.05, 0.1) is 23.2 Å². The van der Waals surface area contributed by atoms with Gasteiger partial charge in [-0.15, -0.1) is 0 Å². The molecule has 0 saturated heterocycles. The maximum atomic E-state index is 13.0. The first kappa shape index (κ1) is 22.6. The molecule has 28 heavy (non-hydrogen) atoms. The van der Waals surface area contributed by atoms with E-state index in [1.54, 1.807) is 26.1 Å². The Morgan fingerprint density at radius 3 is 2.68 bits per heavy atom.